The van der Waals surface area contributed by atoms with E-state index in [1.807, 2.05) is 36.2 Å². The summed E-state index contributed by atoms with van der Waals surface area (Å²) in [4.78, 5) is 30.3. The molecule has 1 fully saturated rings. The van der Waals surface area contributed by atoms with E-state index in [1.165, 1.54) is 9.80 Å². The quantitative estimate of drug-likeness (QED) is 0.444. The van der Waals surface area contributed by atoms with Crippen molar-refractivity contribution in [3.63, 3.8) is 0 Å². The molecule has 2 heterocycles. The zero-order valence-corrected chi connectivity index (χ0v) is 14.6. The Hall–Kier alpha value is -2.12. The molecule has 1 aromatic rings. The first-order valence-electron chi connectivity index (χ1n) is 6.94. The van der Waals surface area contributed by atoms with Crippen molar-refractivity contribution in [1.29, 1.82) is 0 Å². The number of anilines is 1. The van der Waals surface area contributed by atoms with Crippen LogP contribution in [0.2, 0.25) is 0 Å². The Labute approximate surface area is 144 Å². The van der Waals surface area contributed by atoms with E-state index in [4.69, 9.17) is 12.2 Å². The number of fused-ring (bicyclic) bond motifs is 1. The largest absolute Gasteiger partial charge is 0.338 e. The molecule has 0 aliphatic carbocycles. The van der Waals surface area contributed by atoms with Gasteiger partial charge in [-0.05, 0) is 36.5 Å². The molecule has 3 rings (SSSR count). The maximum atomic E-state index is 12.3. The molecule has 2 aliphatic heterocycles. The van der Waals surface area contributed by atoms with Crippen LogP contribution in [0, 0.1) is 0 Å². The Bertz CT molecular complexity index is 759. The van der Waals surface area contributed by atoms with Crippen molar-refractivity contribution in [2.75, 3.05) is 26.0 Å². The van der Waals surface area contributed by atoms with Crippen LogP contribution in [0.1, 0.15) is 0 Å². The summed E-state index contributed by atoms with van der Waals surface area (Å²) in [6.45, 7) is 0. The number of carbonyl (C=O) groups excluding carboxylic acids is 2. The summed E-state index contributed by atoms with van der Waals surface area (Å²) in [6, 6.07) is 8.05. The molecule has 2 aliphatic rings. The van der Waals surface area contributed by atoms with Gasteiger partial charge < -0.3 is 4.90 Å². The molecular formula is C16H15N3O2S2. The Morgan fingerprint density at radius 2 is 1.57 bits per heavy atom. The fourth-order valence-electron chi connectivity index (χ4n) is 2.41. The molecule has 1 aromatic carbocycles. The van der Waals surface area contributed by atoms with E-state index in [0.717, 1.165) is 15.6 Å². The number of thiocarbonyl (C=S) groups is 1. The number of benzene rings is 1. The molecule has 0 N–H and O–H groups in total. The predicted octanol–water partition coefficient (Wildman–Crippen LogP) is 2.21. The number of allylic oxidation sites excluding steroid dienone is 2. The first kappa shape index (κ1) is 15.8. The van der Waals surface area contributed by atoms with Crippen molar-refractivity contribution in [1.82, 2.24) is 9.80 Å². The average molecular weight is 345 g/mol. The highest BCUT2D eigenvalue weighted by atomic mass is 32.2. The number of hydrogen-bond acceptors (Lipinski definition) is 5. The van der Waals surface area contributed by atoms with Gasteiger partial charge in [0.2, 0.25) is 0 Å². The average Bonchev–Trinajstić information content (AvgIpc) is 2.88. The standard InChI is InChI=1S/C16H15N3O2S2/c1-17-11-6-4-5-7-12(11)23-13(17)9-8-10-14(20)18(2)16(22)19(3)15(10)21/h4-9H,1-3H3/b13-9-. The molecule has 1 saturated heterocycles. The SMILES string of the molecule is CN1C(=O)C(=C/C=C2\Sc3ccccc3N2C)C(=O)N(C)C1=S. The molecule has 0 radical (unpaired) electrons. The van der Waals surface area contributed by atoms with Crippen LogP contribution in [-0.2, 0) is 9.59 Å². The van der Waals surface area contributed by atoms with Gasteiger partial charge >= 0.3 is 0 Å². The number of likely N-dealkylation sites (N-methyl/N-ethyl adjacent to an activating group) is 2. The minimum absolute atomic E-state index is 0.112. The smallest absolute Gasteiger partial charge is 0.265 e. The molecule has 2 amide bonds. The monoisotopic (exact) mass is 345 g/mol. The maximum absolute atomic E-state index is 12.3. The number of thioether (sulfide) groups is 1. The van der Waals surface area contributed by atoms with Gasteiger partial charge in [-0.1, -0.05) is 23.9 Å². The second kappa shape index (κ2) is 5.82. The Balaban J connectivity index is 1.92. The van der Waals surface area contributed by atoms with Gasteiger partial charge in [-0.2, -0.15) is 0 Å². The van der Waals surface area contributed by atoms with Gasteiger partial charge in [-0.3, -0.25) is 19.4 Å². The number of nitrogens with zero attached hydrogens (tertiary/aromatic N) is 3. The minimum Gasteiger partial charge on any atom is -0.338 e. The van der Waals surface area contributed by atoms with Gasteiger partial charge in [0.15, 0.2) is 5.11 Å². The van der Waals surface area contributed by atoms with Crippen LogP contribution in [0.3, 0.4) is 0 Å². The van der Waals surface area contributed by atoms with Crippen LogP contribution >= 0.6 is 24.0 Å². The van der Waals surface area contributed by atoms with E-state index in [0.29, 0.717) is 0 Å². The van der Waals surface area contributed by atoms with Crippen molar-refractivity contribution in [3.05, 3.63) is 47.0 Å². The fourth-order valence-corrected chi connectivity index (χ4v) is 3.63. The van der Waals surface area contributed by atoms with Gasteiger partial charge in [-0.15, -0.1) is 0 Å². The lowest BCUT2D eigenvalue weighted by molar-refractivity contribution is -0.132. The Morgan fingerprint density at radius 1 is 0.957 bits per heavy atom. The summed E-state index contributed by atoms with van der Waals surface area (Å²) < 4.78 is 0. The zero-order chi connectivity index (χ0) is 16.7. The second-order valence-corrected chi connectivity index (χ2v) is 6.65. The number of hydrogen-bond donors (Lipinski definition) is 0. The molecule has 7 heteroatoms. The fraction of sp³-hybridized carbons (Fsp3) is 0.188. The summed E-state index contributed by atoms with van der Waals surface area (Å²) in [5.41, 5.74) is 1.22. The highest BCUT2D eigenvalue weighted by Gasteiger charge is 2.35. The third-order valence-electron chi connectivity index (χ3n) is 3.81. The normalized spacial score (nSPS) is 19.8. The third-order valence-corrected chi connectivity index (χ3v) is 5.54. The van der Waals surface area contributed by atoms with Crippen LogP contribution in [0.25, 0.3) is 0 Å². The lowest BCUT2D eigenvalue weighted by Crippen LogP contribution is -2.52. The summed E-state index contributed by atoms with van der Waals surface area (Å²) in [6.07, 6.45) is 3.37. The highest BCUT2D eigenvalue weighted by Crippen LogP contribution is 2.44. The summed E-state index contributed by atoms with van der Waals surface area (Å²) >= 11 is 6.68. The maximum Gasteiger partial charge on any atom is 0.265 e. The number of amides is 2. The molecular weight excluding hydrogens is 330 g/mol. The number of rotatable bonds is 1. The molecule has 23 heavy (non-hydrogen) atoms. The zero-order valence-electron chi connectivity index (χ0n) is 12.9. The van der Waals surface area contributed by atoms with Crippen molar-refractivity contribution in [3.8, 4) is 0 Å². The van der Waals surface area contributed by atoms with Crippen LogP contribution in [0.15, 0.2) is 51.9 Å². The van der Waals surface area contributed by atoms with Crippen LogP contribution in [-0.4, -0.2) is 47.9 Å². The topological polar surface area (TPSA) is 43.9 Å². The Kier molecular flexibility index (Phi) is 3.99. The van der Waals surface area contributed by atoms with Crippen LogP contribution in [0.4, 0.5) is 5.69 Å². The van der Waals surface area contributed by atoms with E-state index in [-0.39, 0.29) is 22.5 Å². The highest BCUT2D eigenvalue weighted by molar-refractivity contribution is 8.03. The van der Waals surface area contributed by atoms with Crippen molar-refractivity contribution in [2.45, 2.75) is 4.90 Å². The van der Waals surface area contributed by atoms with Crippen molar-refractivity contribution in [2.24, 2.45) is 0 Å². The molecule has 0 unspecified atom stereocenters. The molecule has 0 atom stereocenters. The van der Waals surface area contributed by atoms with Gasteiger partial charge in [0.05, 0.1) is 10.7 Å². The van der Waals surface area contributed by atoms with Crippen molar-refractivity contribution < 1.29 is 9.59 Å². The van der Waals surface area contributed by atoms with Gasteiger partial charge in [-0.25, -0.2) is 0 Å². The molecule has 0 aromatic heterocycles. The first-order chi connectivity index (χ1) is 10.9. The van der Waals surface area contributed by atoms with Gasteiger partial charge in [0.1, 0.15) is 5.57 Å². The first-order valence-corrected chi connectivity index (χ1v) is 8.17. The molecule has 0 saturated carbocycles. The van der Waals surface area contributed by atoms with E-state index in [1.54, 1.807) is 38.0 Å². The second-order valence-electron chi connectivity index (χ2n) is 5.22. The summed E-state index contributed by atoms with van der Waals surface area (Å²) in [7, 11) is 5.10. The van der Waals surface area contributed by atoms with Crippen LogP contribution in [0.5, 0.6) is 0 Å². The van der Waals surface area contributed by atoms with Crippen LogP contribution < -0.4 is 4.90 Å². The summed E-state index contributed by atoms with van der Waals surface area (Å²) in [5, 5.41) is 1.17. The van der Waals surface area contributed by atoms with E-state index in [2.05, 4.69) is 0 Å². The summed E-state index contributed by atoms with van der Waals surface area (Å²) in [5.74, 6) is -0.753. The van der Waals surface area contributed by atoms with Crippen molar-refractivity contribution >= 4 is 46.6 Å². The minimum atomic E-state index is -0.377. The lowest BCUT2D eigenvalue weighted by Gasteiger charge is -2.31. The third kappa shape index (κ3) is 2.55. The molecule has 0 spiro atoms. The van der Waals surface area contributed by atoms with E-state index in [9.17, 15) is 9.59 Å². The number of carbonyl (C=O) groups is 2. The lowest BCUT2D eigenvalue weighted by atomic mass is 10.1. The molecule has 0 bridgehead atoms. The Morgan fingerprint density at radius 3 is 2.17 bits per heavy atom. The number of para-hydroxylation sites is 1. The van der Waals surface area contributed by atoms with E-state index < -0.39 is 0 Å². The predicted molar refractivity (Wildman–Crippen MR) is 95.0 cm³/mol. The van der Waals surface area contributed by atoms with Gasteiger partial charge in [0, 0.05) is 26.0 Å². The molecule has 5 nitrogen and oxygen atoms in total. The van der Waals surface area contributed by atoms with E-state index >= 15 is 0 Å². The molecule has 118 valence electrons. The van der Waals surface area contributed by atoms with Gasteiger partial charge in [0.25, 0.3) is 11.8 Å².